The van der Waals surface area contributed by atoms with Crippen molar-refractivity contribution in [2.75, 3.05) is 30.4 Å². The van der Waals surface area contributed by atoms with Crippen LogP contribution in [0.1, 0.15) is 29.6 Å². The molecule has 4 rings (SSSR count). The first-order valence-electron chi connectivity index (χ1n) is 8.84. The van der Waals surface area contributed by atoms with Crippen molar-refractivity contribution in [3.8, 4) is 5.75 Å². The average molecular weight is 367 g/mol. The molecule has 134 valence electrons. The molecule has 0 saturated carbocycles. The van der Waals surface area contributed by atoms with Gasteiger partial charge >= 0.3 is 0 Å². The predicted molar refractivity (Wildman–Crippen MR) is 107 cm³/mol. The summed E-state index contributed by atoms with van der Waals surface area (Å²) < 4.78 is 6.19. The maximum atomic E-state index is 12.6. The van der Waals surface area contributed by atoms with Crippen molar-refractivity contribution in [3.63, 3.8) is 0 Å². The molecule has 26 heavy (non-hydrogen) atoms. The molecule has 0 radical (unpaired) electrons. The molecule has 1 aliphatic heterocycles. The van der Waals surface area contributed by atoms with Crippen LogP contribution in [0.15, 0.2) is 42.5 Å². The molecule has 0 aliphatic carbocycles. The van der Waals surface area contributed by atoms with Crippen molar-refractivity contribution in [1.82, 2.24) is 4.98 Å². The molecule has 1 fully saturated rings. The van der Waals surface area contributed by atoms with Crippen LogP contribution in [0.2, 0.25) is 0 Å². The van der Waals surface area contributed by atoms with Gasteiger partial charge in [0.2, 0.25) is 0 Å². The van der Waals surface area contributed by atoms with E-state index in [1.54, 1.807) is 18.4 Å². The SMILES string of the molecule is COc1ccc(NC(=O)c2ccc3nc(N4CCCCC4)sc3c2)cc1. The molecule has 5 nitrogen and oxygen atoms in total. The molecule has 2 aromatic carbocycles. The number of carbonyl (C=O) groups is 1. The number of fused-ring (bicyclic) bond motifs is 1. The minimum Gasteiger partial charge on any atom is -0.497 e. The Morgan fingerprint density at radius 2 is 1.88 bits per heavy atom. The summed E-state index contributed by atoms with van der Waals surface area (Å²) in [6.45, 7) is 2.15. The van der Waals surface area contributed by atoms with Crippen molar-refractivity contribution < 1.29 is 9.53 Å². The van der Waals surface area contributed by atoms with Crippen molar-refractivity contribution in [2.45, 2.75) is 19.3 Å². The fourth-order valence-electron chi connectivity index (χ4n) is 3.15. The number of amides is 1. The molecule has 0 atom stereocenters. The standard InChI is InChI=1S/C20H21N3O2S/c1-25-16-8-6-15(7-9-16)21-19(24)14-5-10-17-18(13-14)26-20(22-17)23-11-3-2-4-12-23/h5-10,13H,2-4,11-12H2,1H3,(H,21,24). The number of methoxy groups -OCH3 is 1. The van der Waals surface area contributed by atoms with Crippen LogP contribution in [0, 0.1) is 0 Å². The van der Waals surface area contributed by atoms with Crippen molar-refractivity contribution in [2.24, 2.45) is 0 Å². The average Bonchev–Trinajstić information content (AvgIpc) is 3.12. The minimum absolute atomic E-state index is 0.120. The van der Waals surface area contributed by atoms with Crippen LogP contribution >= 0.6 is 11.3 Å². The summed E-state index contributed by atoms with van der Waals surface area (Å²) in [5, 5.41) is 3.99. The molecular weight excluding hydrogens is 346 g/mol. The fraction of sp³-hybridized carbons (Fsp3) is 0.300. The third-order valence-corrected chi connectivity index (χ3v) is 5.69. The topological polar surface area (TPSA) is 54.5 Å². The minimum atomic E-state index is -0.120. The zero-order valence-electron chi connectivity index (χ0n) is 14.7. The van der Waals surface area contributed by atoms with E-state index in [1.165, 1.54) is 19.3 Å². The highest BCUT2D eigenvalue weighted by Gasteiger charge is 2.16. The van der Waals surface area contributed by atoms with E-state index in [-0.39, 0.29) is 5.91 Å². The van der Waals surface area contributed by atoms with Crippen LogP contribution in [0.4, 0.5) is 10.8 Å². The summed E-state index contributed by atoms with van der Waals surface area (Å²) in [5.41, 5.74) is 2.34. The van der Waals surface area contributed by atoms with Gasteiger partial charge in [0, 0.05) is 24.3 Å². The first-order valence-corrected chi connectivity index (χ1v) is 9.65. The number of rotatable bonds is 4. The number of carbonyl (C=O) groups excluding carboxylic acids is 1. The molecule has 1 amide bonds. The molecule has 1 aromatic heterocycles. The first kappa shape index (κ1) is 16.8. The maximum absolute atomic E-state index is 12.6. The Hall–Kier alpha value is -2.60. The number of piperidine rings is 1. The van der Waals surface area contributed by atoms with E-state index in [2.05, 4.69) is 10.2 Å². The van der Waals surface area contributed by atoms with Gasteiger partial charge in [0.25, 0.3) is 5.91 Å². The van der Waals surface area contributed by atoms with E-state index in [9.17, 15) is 4.79 Å². The lowest BCUT2D eigenvalue weighted by atomic mass is 10.1. The van der Waals surface area contributed by atoms with Gasteiger partial charge in [-0.05, 0) is 61.7 Å². The van der Waals surface area contributed by atoms with Gasteiger partial charge in [0.15, 0.2) is 5.13 Å². The van der Waals surface area contributed by atoms with Crippen LogP contribution in [-0.2, 0) is 0 Å². The van der Waals surface area contributed by atoms with Gasteiger partial charge in [-0.15, -0.1) is 0 Å². The first-order chi connectivity index (χ1) is 12.7. The Bertz CT molecular complexity index is 914. The van der Waals surface area contributed by atoms with Crippen LogP contribution in [0.25, 0.3) is 10.2 Å². The summed E-state index contributed by atoms with van der Waals surface area (Å²) in [4.78, 5) is 19.6. The van der Waals surface area contributed by atoms with Crippen LogP contribution in [0.3, 0.4) is 0 Å². The predicted octanol–water partition coefficient (Wildman–Crippen LogP) is 4.55. The summed E-state index contributed by atoms with van der Waals surface area (Å²) in [5.74, 6) is 0.643. The lowest BCUT2D eigenvalue weighted by Crippen LogP contribution is -2.29. The molecule has 6 heteroatoms. The van der Waals surface area contributed by atoms with Crippen molar-refractivity contribution in [1.29, 1.82) is 0 Å². The molecule has 2 heterocycles. The van der Waals surface area contributed by atoms with Gasteiger partial charge < -0.3 is 15.0 Å². The molecular formula is C20H21N3O2S. The monoisotopic (exact) mass is 367 g/mol. The van der Waals surface area contributed by atoms with E-state index in [4.69, 9.17) is 9.72 Å². The summed E-state index contributed by atoms with van der Waals surface area (Å²) in [6.07, 6.45) is 3.76. The summed E-state index contributed by atoms with van der Waals surface area (Å²) >= 11 is 1.66. The van der Waals surface area contributed by atoms with Gasteiger partial charge in [-0.3, -0.25) is 4.79 Å². The molecule has 1 saturated heterocycles. The van der Waals surface area contributed by atoms with Gasteiger partial charge in [-0.1, -0.05) is 11.3 Å². The number of aromatic nitrogens is 1. The highest BCUT2D eigenvalue weighted by atomic mass is 32.1. The van der Waals surface area contributed by atoms with E-state index in [0.29, 0.717) is 5.56 Å². The second-order valence-corrected chi connectivity index (χ2v) is 7.42. The van der Waals surface area contributed by atoms with Gasteiger partial charge in [0.1, 0.15) is 5.75 Å². The number of hydrogen-bond donors (Lipinski definition) is 1. The molecule has 0 spiro atoms. The maximum Gasteiger partial charge on any atom is 0.255 e. The van der Waals surface area contributed by atoms with E-state index >= 15 is 0 Å². The Kier molecular flexibility index (Phi) is 4.75. The van der Waals surface area contributed by atoms with Crippen LogP contribution in [0.5, 0.6) is 5.75 Å². The molecule has 1 N–H and O–H groups in total. The number of anilines is 2. The third kappa shape index (κ3) is 3.51. The number of ether oxygens (including phenoxy) is 1. The molecule has 0 bridgehead atoms. The number of nitrogens with one attached hydrogen (secondary N) is 1. The zero-order valence-corrected chi connectivity index (χ0v) is 15.5. The lowest BCUT2D eigenvalue weighted by Gasteiger charge is -2.25. The Morgan fingerprint density at radius 1 is 1.12 bits per heavy atom. The third-order valence-electron chi connectivity index (χ3n) is 4.61. The molecule has 1 aliphatic rings. The second kappa shape index (κ2) is 7.33. The van der Waals surface area contributed by atoms with Crippen LogP contribution in [-0.4, -0.2) is 31.1 Å². The Labute approximate surface area is 156 Å². The van der Waals surface area contributed by atoms with Gasteiger partial charge in [0.05, 0.1) is 17.3 Å². The zero-order chi connectivity index (χ0) is 17.9. The number of benzene rings is 2. The van der Waals surface area contributed by atoms with E-state index < -0.39 is 0 Å². The number of hydrogen-bond acceptors (Lipinski definition) is 5. The summed E-state index contributed by atoms with van der Waals surface area (Å²) in [6, 6.07) is 13.0. The smallest absolute Gasteiger partial charge is 0.255 e. The quantitative estimate of drug-likeness (QED) is 0.735. The summed E-state index contributed by atoms with van der Waals surface area (Å²) in [7, 11) is 1.62. The van der Waals surface area contributed by atoms with Gasteiger partial charge in [-0.25, -0.2) is 4.98 Å². The highest BCUT2D eigenvalue weighted by molar-refractivity contribution is 7.22. The molecule has 0 unspecified atom stereocenters. The Balaban J connectivity index is 1.52. The Morgan fingerprint density at radius 3 is 2.62 bits per heavy atom. The van der Waals surface area contributed by atoms with E-state index in [1.807, 2.05) is 42.5 Å². The normalized spacial score (nSPS) is 14.4. The fourth-order valence-corrected chi connectivity index (χ4v) is 4.21. The van der Waals surface area contributed by atoms with Gasteiger partial charge in [-0.2, -0.15) is 0 Å². The molecule has 3 aromatic rings. The number of thiazole rings is 1. The highest BCUT2D eigenvalue weighted by Crippen LogP contribution is 2.31. The van der Waals surface area contributed by atoms with Crippen LogP contribution < -0.4 is 15.0 Å². The largest absolute Gasteiger partial charge is 0.497 e. The van der Waals surface area contributed by atoms with Crippen molar-refractivity contribution >= 4 is 38.3 Å². The lowest BCUT2D eigenvalue weighted by molar-refractivity contribution is 0.102. The second-order valence-electron chi connectivity index (χ2n) is 6.41. The van der Waals surface area contributed by atoms with Crippen molar-refractivity contribution in [3.05, 3.63) is 48.0 Å². The van der Waals surface area contributed by atoms with E-state index in [0.717, 1.165) is 39.9 Å². The number of nitrogens with zero attached hydrogens (tertiary/aromatic N) is 2.